The van der Waals surface area contributed by atoms with Crippen molar-refractivity contribution in [2.45, 2.75) is 31.7 Å². The van der Waals surface area contributed by atoms with Crippen LogP contribution >= 0.6 is 0 Å². The summed E-state index contributed by atoms with van der Waals surface area (Å²) in [5, 5.41) is 21.4. The summed E-state index contributed by atoms with van der Waals surface area (Å²) in [5.41, 5.74) is 0.691. The number of hydrogen-bond acceptors (Lipinski definition) is 6. The van der Waals surface area contributed by atoms with Gasteiger partial charge in [0, 0.05) is 31.1 Å². The standard InChI is InChI=1S/C20H23N3O5/c24-18(14-3-4-14)16-17(13-5-7-15(8-6-13)23(27)28)22(20(26)19(16)25)12-11-21-9-1-2-10-21/h5-8,14,17,25H,1-4,9-12H2. The lowest BCUT2D eigenvalue weighted by molar-refractivity contribution is -0.384. The van der Waals surface area contributed by atoms with Crippen molar-refractivity contribution in [2.24, 2.45) is 5.92 Å². The molecule has 4 rings (SSSR count). The molecule has 0 radical (unpaired) electrons. The minimum atomic E-state index is -0.691. The van der Waals surface area contributed by atoms with Crippen molar-refractivity contribution in [3.8, 4) is 0 Å². The van der Waals surface area contributed by atoms with Gasteiger partial charge in [0.1, 0.15) is 0 Å². The van der Waals surface area contributed by atoms with E-state index in [-0.39, 0.29) is 23.0 Å². The first kappa shape index (κ1) is 18.6. The van der Waals surface area contributed by atoms with E-state index in [1.807, 2.05) is 0 Å². The summed E-state index contributed by atoms with van der Waals surface area (Å²) in [5.74, 6) is -1.32. The van der Waals surface area contributed by atoms with Gasteiger partial charge in [-0.25, -0.2) is 0 Å². The van der Waals surface area contributed by atoms with E-state index in [2.05, 4.69) is 4.90 Å². The Balaban J connectivity index is 1.64. The fourth-order valence-corrected chi connectivity index (χ4v) is 4.08. The van der Waals surface area contributed by atoms with Crippen molar-refractivity contribution < 1.29 is 19.6 Å². The van der Waals surface area contributed by atoms with Crippen LogP contribution in [0.3, 0.4) is 0 Å². The van der Waals surface area contributed by atoms with Gasteiger partial charge in [-0.1, -0.05) is 0 Å². The number of likely N-dealkylation sites (tertiary alicyclic amines) is 1. The summed E-state index contributed by atoms with van der Waals surface area (Å²) in [6.45, 7) is 3.04. The number of benzene rings is 1. The van der Waals surface area contributed by atoms with Crippen LogP contribution < -0.4 is 0 Å². The lowest BCUT2D eigenvalue weighted by atomic mass is 9.94. The molecule has 1 unspecified atom stereocenters. The highest BCUT2D eigenvalue weighted by atomic mass is 16.6. The zero-order chi connectivity index (χ0) is 19.8. The molecule has 0 bridgehead atoms. The topological polar surface area (TPSA) is 104 Å². The minimum absolute atomic E-state index is 0.0556. The van der Waals surface area contributed by atoms with Gasteiger partial charge in [-0.3, -0.25) is 19.7 Å². The predicted molar refractivity (Wildman–Crippen MR) is 101 cm³/mol. The molecule has 3 aliphatic rings. The van der Waals surface area contributed by atoms with Crippen molar-refractivity contribution in [1.82, 2.24) is 9.80 Å². The van der Waals surface area contributed by atoms with Gasteiger partial charge in [0.2, 0.25) is 0 Å². The number of aliphatic hydroxyl groups excluding tert-OH is 1. The fraction of sp³-hybridized carbons (Fsp3) is 0.500. The normalized spacial score (nSPS) is 22.9. The molecule has 8 nitrogen and oxygen atoms in total. The van der Waals surface area contributed by atoms with E-state index in [1.165, 1.54) is 17.0 Å². The van der Waals surface area contributed by atoms with Crippen molar-refractivity contribution >= 4 is 17.4 Å². The molecule has 8 heteroatoms. The van der Waals surface area contributed by atoms with Crippen LogP contribution in [0.4, 0.5) is 5.69 Å². The third kappa shape index (κ3) is 3.40. The van der Waals surface area contributed by atoms with Crippen LogP contribution in [0.15, 0.2) is 35.6 Å². The maximum Gasteiger partial charge on any atom is 0.290 e. The Labute approximate surface area is 162 Å². The second kappa shape index (κ2) is 7.35. The average molecular weight is 385 g/mol. The SMILES string of the molecule is O=C(C1=C(O)C(=O)N(CCN2CCCC2)C1c1ccc([N+](=O)[O-])cc1)C1CC1. The quantitative estimate of drug-likeness (QED) is 0.571. The number of ketones is 1. The number of nitro groups is 1. The van der Waals surface area contributed by atoms with Crippen LogP contribution in [-0.2, 0) is 9.59 Å². The number of nitro benzene ring substituents is 1. The molecular formula is C20H23N3O5. The summed E-state index contributed by atoms with van der Waals surface area (Å²) in [6.07, 6.45) is 3.80. The van der Waals surface area contributed by atoms with Crippen molar-refractivity contribution in [2.75, 3.05) is 26.2 Å². The summed E-state index contributed by atoms with van der Waals surface area (Å²) in [7, 11) is 0. The van der Waals surface area contributed by atoms with Crippen molar-refractivity contribution in [1.29, 1.82) is 0 Å². The first-order valence-electron chi connectivity index (χ1n) is 9.72. The molecular weight excluding hydrogens is 362 g/mol. The zero-order valence-corrected chi connectivity index (χ0v) is 15.5. The zero-order valence-electron chi connectivity index (χ0n) is 15.5. The molecule has 2 fully saturated rings. The monoisotopic (exact) mass is 385 g/mol. The lowest BCUT2D eigenvalue weighted by Crippen LogP contribution is -2.38. The number of non-ortho nitro benzene ring substituents is 1. The molecule has 1 aromatic carbocycles. The first-order chi connectivity index (χ1) is 13.5. The lowest BCUT2D eigenvalue weighted by Gasteiger charge is -2.28. The van der Waals surface area contributed by atoms with E-state index in [1.54, 1.807) is 12.1 Å². The van der Waals surface area contributed by atoms with E-state index >= 15 is 0 Å². The molecule has 148 valence electrons. The second-order valence-electron chi connectivity index (χ2n) is 7.70. The van der Waals surface area contributed by atoms with E-state index in [4.69, 9.17) is 0 Å². The highest BCUT2D eigenvalue weighted by molar-refractivity contribution is 6.10. The average Bonchev–Trinajstić information content (AvgIpc) is 3.36. The summed E-state index contributed by atoms with van der Waals surface area (Å²) < 4.78 is 0. The van der Waals surface area contributed by atoms with Crippen LogP contribution in [0.1, 0.15) is 37.3 Å². The molecule has 1 aromatic rings. The van der Waals surface area contributed by atoms with Gasteiger partial charge in [-0.05, 0) is 56.5 Å². The smallest absolute Gasteiger partial charge is 0.290 e. The number of nitrogens with zero attached hydrogens (tertiary/aromatic N) is 3. The third-order valence-electron chi connectivity index (χ3n) is 5.79. The Morgan fingerprint density at radius 1 is 1.14 bits per heavy atom. The van der Waals surface area contributed by atoms with Crippen LogP contribution in [-0.4, -0.2) is 57.7 Å². The van der Waals surface area contributed by atoms with Gasteiger partial charge < -0.3 is 14.9 Å². The maximum atomic E-state index is 12.8. The third-order valence-corrected chi connectivity index (χ3v) is 5.79. The largest absolute Gasteiger partial charge is 0.503 e. The van der Waals surface area contributed by atoms with Crippen LogP contribution in [0.2, 0.25) is 0 Å². The van der Waals surface area contributed by atoms with Gasteiger partial charge in [0.05, 0.1) is 16.5 Å². The summed E-state index contributed by atoms with van der Waals surface area (Å²) in [4.78, 5) is 39.8. The number of amides is 1. The molecule has 1 amide bonds. The minimum Gasteiger partial charge on any atom is -0.503 e. The molecule has 1 atom stereocenters. The second-order valence-corrected chi connectivity index (χ2v) is 7.70. The van der Waals surface area contributed by atoms with E-state index in [0.717, 1.165) is 38.8 Å². The predicted octanol–water partition coefficient (Wildman–Crippen LogP) is 2.37. The van der Waals surface area contributed by atoms with E-state index in [0.29, 0.717) is 18.7 Å². The van der Waals surface area contributed by atoms with Gasteiger partial charge in [0.25, 0.3) is 11.6 Å². The van der Waals surface area contributed by atoms with Crippen LogP contribution in [0, 0.1) is 16.0 Å². The molecule has 1 N–H and O–H groups in total. The van der Waals surface area contributed by atoms with Crippen molar-refractivity contribution in [3.63, 3.8) is 0 Å². The Morgan fingerprint density at radius 2 is 1.79 bits per heavy atom. The Kier molecular flexibility index (Phi) is 4.89. The highest BCUT2D eigenvalue weighted by Gasteiger charge is 2.47. The van der Waals surface area contributed by atoms with Crippen molar-refractivity contribution in [3.05, 3.63) is 51.3 Å². The number of rotatable bonds is 7. The number of carbonyl (C=O) groups is 2. The van der Waals surface area contributed by atoms with Gasteiger partial charge in [-0.2, -0.15) is 0 Å². The van der Waals surface area contributed by atoms with E-state index < -0.39 is 22.6 Å². The van der Waals surface area contributed by atoms with Gasteiger partial charge in [-0.15, -0.1) is 0 Å². The highest BCUT2D eigenvalue weighted by Crippen LogP contribution is 2.43. The van der Waals surface area contributed by atoms with E-state index in [9.17, 15) is 24.8 Å². The molecule has 1 saturated carbocycles. The molecule has 1 saturated heterocycles. The summed E-state index contributed by atoms with van der Waals surface area (Å²) >= 11 is 0. The Bertz CT molecular complexity index is 838. The Hall–Kier alpha value is -2.74. The molecule has 0 aromatic heterocycles. The molecule has 1 aliphatic carbocycles. The molecule has 2 heterocycles. The van der Waals surface area contributed by atoms with Crippen LogP contribution in [0.5, 0.6) is 0 Å². The molecule has 0 spiro atoms. The van der Waals surface area contributed by atoms with Gasteiger partial charge >= 0.3 is 0 Å². The molecule has 2 aliphatic heterocycles. The first-order valence-corrected chi connectivity index (χ1v) is 9.72. The van der Waals surface area contributed by atoms with Gasteiger partial charge in [0.15, 0.2) is 11.5 Å². The summed E-state index contributed by atoms with van der Waals surface area (Å²) in [6, 6.07) is 5.18. The maximum absolute atomic E-state index is 12.8. The Morgan fingerprint density at radius 3 is 2.36 bits per heavy atom. The van der Waals surface area contributed by atoms with Crippen LogP contribution in [0.25, 0.3) is 0 Å². The number of hydrogen-bond donors (Lipinski definition) is 1. The number of aliphatic hydroxyl groups is 1. The fourth-order valence-electron chi connectivity index (χ4n) is 4.08. The number of Topliss-reactive ketones (excluding diaryl/α,β-unsaturated/α-hetero) is 1. The number of carbonyl (C=O) groups excluding carboxylic acids is 2. The molecule has 28 heavy (non-hydrogen) atoms.